The Balaban J connectivity index is 0. The minimum absolute atomic E-state index is 0. The number of aliphatic hydroxyl groups is 1. The van der Waals surface area contributed by atoms with E-state index in [4.69, 9.17) is 0 Å². The van der Waals surface area contributed by atoms with Crippen LogP contribution in [0.4, 0.5) is 0 Å². The molecule has 0 aromatic carbocycles. The maximum absolute atomic E-state index is 11.0. The summed E-state index contributed by atoms with van der Waals surface area (Å²) in [5, 5.41) is 9.06. The first-order valence-corrected chi connectivity index (χ1v) is 11.5. The molecule has 1 N–H and O–H groups in total. The minimum Gasteiger partial charge on any atom is -0.748 e. The quantitative estimate of drug-likeness (QED) is 0.230. The van der Waals surface area contributed by atoms with Gasteiger partial charge in [0.1, 0.15) is 0 Å². The summed E-state index contributed by atoms with van der Waals surface area (Å²) in [5.74, 6) is 0. The van der Waals surface area contributed by atoms with Crippen LogP contribution in [0.3, 0.4) is 0 Å². The molecule has 0 aromatic heterocycles. The number of hydrogen-bond donors (Lipinski definition) is 1. The van der Waals surface area contributed by atoms with Gasteiger partial charge in [-0.25, -0.2) is 8.42 Å². The number of rotatable bonds is 17. The zero-order valence-corrected chi connectivity index (χ0v) is 20.8. The second kappa shape index (κ2) is 18.9. The summed E-state index contributed by atoms with van der Waals surface area (Å²) in [6, 6.07) is 0. The van der Waals surface area contributed by atoms with Gasteiger partial charge in [-0.15, -0.1) is 0 Å². The molecule has 0 heterocycles. The Hall–Kier alpha value is 1.51. The standard InChI is InChI=1S/C19H40O4S.K/c1-3-5-15-18(20)16-13-11-9-7-6-8-10-12-14-17-19(4-2)24(21,22)23;/h18-20H,3-17H2,1-2H3,(H,21,22,23);/q;+1/p-1. The fraction of sp³-hybridized carbons (Fsp3) is 1.00. The summed E-state index contributed by atoms with van der Waals surface area (Å²) < 4.78 is 32.9. The fourth-order valence-electron chi connectivity index (χ4n) is 3.13. The van der Waals surface area contributed by atoms with Crippen molar-refractivity contribution in [3.8, 4) is 0 Å². The Kier molecular flexibility index (Phi) is 21.7. The van der Waals surface area contributed by atoms with Gasteiger partial charge in [-0.05, 0) is 25.7 Å². The average Bonchev–Trinajstić information content (AvgIpc) is 2.52. The normalized spacial score (nSPS) is 14.1. The molecule has 0 aromatic rings. The number of aliphatic hydroxyl groups excluding tert-OH is 1. The SMILES string of the molecule is CCCCC(O)CCCCCCCCCCCC(CC)S(=O)(=O)[O-].[K+]. The molecule has 0 radical (unpaired) electrons. The van der Waals surface area contributed by atoms with Gasteiger partial charge in [-0.3, -0.25) is 0 Å². The van der Waals surface area contributed by atoms with Gasteiger partial charge in [0.05, 0.1) is 16.2 Å². The first kappa shape index (κ1) is 28.7. The third-order valence-electron chi connectivity index (χ3n) is 4.82. The van der Waals surface area contributed by atoms with E-state index >= 15 is 0 Å². The Morgan fingerprint density at radius 1 is 0.760 bits per heavy atom. The van der Waals surface area contributed by atoms with Crippen molar-refractivity contribution in [3.63, 3.8) is 0 Å². The molecule has 0 saturated carbocycles. The monoisotopic (exact) mass is 402 g/mol. The zero-order chi connectivity index (χ0) is 18.3. The van der Waals surface area contributed by atoms with E-state index < -0.39 is 15.4 Å². The summed E-state index contributed by atoms with van der Waals surface area (Å²) in [7, 11) is -4.10. The van der Waals surface area contributed by atoms with Gasteiger partial charge in [0.2, 0.25) is 0 Å². The molecule has 0 aliphatic rings. The van der Waals surface area contributed by atoms with E-state index in [0.29, 0.717) is 12.8 Å². The summed E-state index contributed by atoms with van der Waals surface area (Å²) in [5.41, 5.74) is 0. The van der Waals surface area contributed by atoms with E-state index in [1.807, 2.05) is 0 Å². The van der Waals surface area contributed by atoms with Crippen molar-refractivity contribution < 1.29 is 69.5 Å². The predicted molar refractivity (Wildman–Crippen MR) is 100 cm³/mol. The van der Waals surface area contributed by atoms with Crippen molar-refractivity contribution in [2.24, 2.45) is 0 Å². The predicted octanol–water partition coefficient (Wildman–Crippen LogP) is 2.16. The summed E-state index contributed by atoms with van der Waals surface area (Å²) in [4.78, 5) is 0. The van der Waals surface area contributed by atoms with Crippen molar-refractivity contribution >= 4 is 10.1 Å². The van der Waals surface area contributed by atoms with Crippen LogP contribution in [-0.4, -0.2) is 29.4 Å². The van der Waals surface area contributed by atoms with Crippen LogP contribution in [0.5, 0.6) is 0 Å². The van der Waals surface area contributed by atoms with Crippen LogP contribution < -0.4 is 51.4 Å². The molecule has 4 nitrogen and oxygen atoms in total. The van der Waals surface area contributed by atoms with Crippen LogP contribution in [0.2, 0.25) is 0 Å². The molecule has 0 aliphatic carbocycles. The van der Waals surface area contributed by atoms with Crippen LogP contribution in [-0.2, 0) is 10.1 Å². The topological polar surface area (TPSA) is 77.4 Å². The van der Waals surface area contributed by atoms with E-state index in [-0.39, 0.29) is 57.5 Å². The second-order valence-corrected chi connectivity index (χ2v) is 8.73. The maximum atomic E-state index is 11.0. The molecule has 0 saturated heterocycles. The summed E-state index contributed by atoms with van der Waals surface area (Å²) >= 11 is 0. The largest absolute Gasteiger partial charge is 1.00 e. The van der Waals surface area contributed by atoms with E-state index in [9.17, 15) is 18.1 Å². The Morgan fingerprint density at radius 3 is 1.56 bits per heavy atom. The fourth-order valence-corrected chi connectivity index (χ4v) is 3.99. The Morgan fingerprint density at radius 2 is 1.16 bits per heavy atom. The van der Waals surface area contributed by atoms with Gasteiger partial charge < -0.3 is 9.66 Å². The van der Waals surface area contributed by atoms with Crippen molar-refractivity contribution in [3.05, 3.63) is 0 Å². The van der Waals surface area contributed by atoms with Crippen molar-refractivity contribution in [1.29, 1.82) is 0 Å². The Bertz CT molecular complexity index is 374. The summed E-state index contributed by atoms with van der Waals surface area (Å²) in [6.45, 7) is 3.92. The molecule has 0 spiro atoms. The summed E-state index contributed by atoms with van der Waals surface area (Å²) in [6.07, 6.45) is 15.3. The van der Waals surface area contributed by atoms with E-state index in [0.717, 1.165) is 51.4 Å². The van der Waals surface area contributed by atoms with E-state index in [1.165, 1.54) is 32.1 Å². The smallest absolute Gasteiger partial charge is 0.748 e. The van der Waals surface area contributed by atoms with Gasteiger partial charge in [0, 0.05) is 5.25 Å². The van der Waals surface area contributed by atoms with Crippen LogP contribution in [0.25, 0.3) is 0 Å². The number of unbranched alkanes of at least 4 members (excludes halogenated alkanes) is 9. The van der Waals surface area contributed by atoms with Crippen LogP contribution >= 0.6 is 0 Å². The van der Waals surface area contributed by atoms with Gasteiger partial charge >= 0.3 is 51.4 Å². The molecule has 2 unspecified atom stereocenters. The number of hydrogen-bond acceptors (Lipinski definition) is 4. The third kappa shape index (κ3) is 18.6. The zero-order valence-electron chi connectivity index (χ0n) is 16.8. The van der Waals surface area contributed by atoms with E-state index in [2.05, 4.69) is 6.92 Å². The molecule has 0 amide bonds. The maximum Gasteiger partial charge on any atom is 1.00 e. The molecule has 2 atom stereocenters. The van der Waals surface area contributed by atoms with Gasteiger partial charge in [-0.2, -0.15) is 0 Å². The van der Waals surface area contributed by atoms with Crippen LogP contribution in [0, 0.1) is 0 Å². The molecule has 0 fully saturated rings. The van der Waals surface area contributed by atoms with Crippen molar-refractivity contribution in [1.82, 2.24) is 0 Å². The molecular weight excluding hydrogens is 363 g/mol. The minimum atomic E-state index is -4.10. The van der Waals surface area contributed by atoms with Crippen molar-refractivity contribution in [2.75, 3.05) is 0 Å². The molecule has 0 bridgehead atoms. The van der Waals surface area contributed by atoms with Gasteiger partial charge in [0.15, 0.2) is 0 Å². The molecule has 0 aliphatic heterocycles. The third-order valence-corrected chi connectivity index (χ3v) is 6.20. The van der Waals surface area contributed by atoms with Crippen LogP contribution in [0.15, 0.2) is 0 Å². The van der Waals surface area contributed by atoms with Crippen molar-refractivity contribution in [2.45, 2.75) is 122 Å². The molecule has 146 valence electrons. The molecular formula is C19H39KO4S. The molecule has 25 heavy (non-hydrogen) atoms. The average molecular weight is 403 g/mol. The molecule has 6 heteroatoms. The van der Waals surface area contributed by atoms with Crippen LogP contribution in [0.1, 0.15) is 110 Å². The van der Waals surface area contributed by atoms with Gasteiger partial charge in [-0.1, -0.05) is 84.5 Å². The first-order valence-electron chi connectivity index (χ1n) is 10.0. The Labute approximate surface area is 199 Å². The molecule has 0 rings (SSSR count). The first-order chi connectivity index (χ1) is 11.4. The second-order valence-electron chi connectivity index (χ2n) is 7.08. The van der Waals surface area contributed by atoms with E-state index in [1.54, 1.807) is 6.92 Å². The van der Waals surface area contributed by atoms with Gasteiger partial charge in [0.25, 0.3) is 0 Å².